The summed E-state index contributed by atoms with van der Waals surface area (Å²) >= 11 is 0. The van der Waals surface area contributed by atoms with Gasteiger partial charge in [-0.05, 0) is 43.9 Å². The van der Waals surface area contributed by atoms with Crippen LogP contribution in [0.4, 0.5) is 30.2 Å². The van der Waals surface area contributed by atoms with Crippen molar-refractivity contribution in [3.63, 3.8) is 0 Å². The zero-order chi connectivity index (χ0) is 17.2. The van der Waals surface area contributed by atoms with Crippen LogP contribution < -0.4 is 21.8 Å². The molecule has 1 fully saturated rings. The van der Waals surface area contributed by atoms with Crippen molar-refractivity contribution in [2.24, 2.45) is 5.84 Å². The van der Waals surface area contributed by atoms with E-state index in [-0.39, 0.29) is 6.17 Å². The van der Waals surface area contributed by atoms with Crippen LogP contribution in [0, 0.1) is 6.92 Å². The van der Waals surface area contributed by atoms with Crippen molar-refractivity contribution in [3.05, 3.63) is 17.7 Å². The fourth-order valence-electron chi connectivity index (χ4n) is 2.90. The van der Waals surface area contributed by atoms with E-state index in [4.69, 9.17) is 11.6 Å². The minimum Gasteiger partial charge on any atom is -0.397 e. The number of anilines is 3. The zero-order valence-corrected chi connectivity index (χ0v) is 13.5. The third kappa shape index (κ3) is 4.65. The van der Waals surface area contributed by atoms with Crippen LogP contribution in [-0.2, 0) is 0 Å². The molecule has 23 heavy (non-hydrogen) atoms. The summed E-state index contributed by atoms with van der Waals surface area (Å²) in [5.41, 5.74) is 8.34. The van der Waals surface area contributed by atoms with Crippen LogP contribution >= 0.6 is 0 Å². The number of hydrogen-bond acceptors (Lipinski definition) is 5. The molecule has 0 aliphatic carbocycles. The average Bonchev–Trinajstić information content (AvgIpc) is 2.42. The molecule has 8 heteroatoms. The number of alkyl halides is 3. The lowest BCUT2D eigenvalue weighted by Gasteiger charge is -2.34. The second-order valence-corrected chi connectivity index (χ2v) is 6.09. The molecule has 1 saturated heterocycles. The van der Waals surface area contributed by atoms with Crippen LogP contribution in [0.25, 0.3) is 0 Å². The fourth-order valence-corrected chi connectivity index (χ4v) is 2.90. The third-order valence-electron chi connectivity index (χ3n) is 4.06. The summed E-state index contributed by atoms with van der Waals surface area (Å²) in [4.78, 5) is 1.18. The Kier molecular flexibility index (Phi) is 5.26. The minimum absolute atomic E-state index is 0.0606. The van der Waals surface area contributed by atoms with Crippen molar-refractivity contribution in [2.75, 3.05) is 36.1 Å². The van der Waals surface area contributed by atoms with E-state index in [0.29, 0.717) is 22.6 Å². The number of aryl methyl sites for hydroxylation is 1. The molecule has 0 saturated carbocycles. The number of nitrogens with zero attached hydrogens (tertiary/aromatic N) is 2. The molecule has 5 N–H and O–H groups in total. The molecule has 5 nitrogen and oxygen atoms in total. The van der Waals surface area contributed by atoms with Gasteiger partial charge in [-0.3, -0.25) is 5.84 Å². The molecule has 0 spiro atoms. The first-order valence-corrected chi connectivity index (χ1v) is 7.63. The van der Waals surface area contributed by atoms with Crippen molar-refractivity contribution < 1.29 is 13.2 Å². The maximum Gasteiger partial charge on any atom is 0.405 e. The first kappa shape index (κ1) is 17.7. The van der Waals surface area contributed by atoms with Gasteiger partial charge >= 0.3 is 6.18 Å². The highest BCUT2D eigenvalue weighted by Gasteiger charge is 2.30. The maximum atomic E-state index is 12.6. The molecule has 1 aromatic rings. The molecule has 1 aliphatic rings. The number of benzene rings is 1. The summed E-state index contributed by atoms with van der Waals surface area (Å²) in [6.07, 6.45) is -1.35. The van der Waals surface area contributed by atoms with Crippen LogP contribution in [0.3, 0.4) is 0 Å². The molecular formula is C15H24F3N5. The van der Waals surface area contributed by atoms with Crippen LogP contribution in [0.5, 0.6) is 0 Å². The quantitative estimate of drug-likeness (QED) is 0.584. The van der Waals surface area contributed by atoms with E-state index in [1.54, 1.807) is 24.1 Å². The standard InChI is InChI=1S/C15H24F3N5/c1-10-7-11(19)12(21-14-5-3-4-6-23(14)20)8-13(10)22(2)9-15(16,17)18/h7-8,14,21H,3-6,9,19-20H2,1-2H3. The first-order valence-electron chi connectivity index (χ1n) is 7.63. The largest absolute Gasteiger partial charge is 0.405 e. The lowest BCUT2D eigenvalue weighted by Crippen LogP contribution is -2.48. The Balaban J connectivity index is 2.21. The Morgan fingerprint density at radius 1 is 1.35 bits per heavy atom. The number of rotatable bonds is 4. The predicted molar refractivity (Wildman–Crippen MR) is 87.1 cm³/mol. The molecule has 0 aromatic heterocycles. The molecular weight excluding hydrogens is 307 g/mol. The highest BCUT2D eigenvalue weighted by molar-refractivity contribution is 5.75. The highest BCUT2D eigenvalue weighted by Crippen LogP contribution is 2.32. The number of nitrogen functional groups attached to an aromatic ring is 1. The summed E-state index contributed by atoms with van der Waals surface area (Å²) < 4.78 is 37.9. The van der Waals surface area contributed by atoms with Crippen LogP contribution in [-0.4, -0.2) is 37.5 Å². The van der Waals surface area contributed by atoms with Gasteiger partial charge in [0.2, 0.25) is 0 Å². The zero-order valence-electron chi connectivity index (χ0n) is 13.5. The molecule has 1 atom stereocenters. The van der Waals surface area contributed by atoms with Crippen molar-refractivity contribution in [1.82, 2.24) is 5.01 Å². The Labute approximate surface area is 134 Å². The van der Waals surface area contributed by atoms with E-state index in [0.717, 1.165) is 25.8 Å². The van der Waals surface area contributed by atoms with E-state index >= 15 is 0 Å². The Bertz CT molecular complexity index is 547. The molecule has 0 bridgehead atoms. The first-order chi connectivity index (χ1) is 10.7. The third-order valence-corrected chi connectivity index (χ3v) is 4.06. The number of hydrogen-bond donors (Lipinski definition) is 3. The highest BCUT2D eigenvalue weighted by atomic mass is 19.4. The van der Waals surface area contributed by atoms with Gasteiger partial charge in [-0.15, -0.1) is 0 Å². The molecule has 1 heterocycles. The number of nitrogens with two attached hydrogens (primary N) is 2. The molecule has 2 rings (SSSR count). The lowest BCUT2D eigenvalue weighted by molar-refractivity contribution is -0.119. The van der Waals surface area contributed by atoms with E-state index < -0.39 is 12.7 Å². The maximum absolute atomic E-state index is 12.6. The van der Waals surface area contributed by atoms with Crippen molar-refractivity contribution in [1.29, 1.82) is 0 Å². The van der Waals surface area contributed by atoms with Gasteiger partial charge in [0.25, 0.3) is 0 Å². The smallest absolute Gasteiger partial charge is 0.397 e. The van der Waals surface area contributed by atoms with Gasteiger partial charge in [0, 0.05) is 19.3 Å². The number of piperidine rings is 1. The van der Waals surface area contributed by atoms with Crippen molar-refractivity contribution >= 4 is 17.1 Å². The summed E-state index contributed by atoms with van der Waals surface area (Å²) in [6.45, 7) is 1.52. The summed E-state index contributed by atoms with van der Waals surface area (Å²) in [5, 5.41) is 4.96. The average molecular weight is 331 g/mol. The van der Waals surface area contributed by atoms with Crippen molar-refractivity contribution in [2.45, 2.75) is 38.5 Å². The Morgan fingerprint density at radius 3 is 2.65 bits per heavy atom. The minimum atomic E-state index is -4.26. The Morgan fingerprint density at radius 2 is 2.04 bits per heavy atom. The van der Waals surface area contributed by atoms with Gasteiger partial charge in [-0.1, -0.05) is 0 Å². The van der Waals surface area contributed by atoms with Gasteiger partial charge in [0.1, 0.15) is 6.54 Å². The summed E-state index contributed by atoms with van der Waals surface area (Å²) in [7, 11) is 1.42. The normalized spacial score (nSPS) is 19.7. The lowest BCUT2D eigenvalue weighted by atomic mass is 10.1. The molecule has 1 unspecified atom stereocenters. The van der Waals surface area contributed by atoms with E-state index in [9.17, 15) is 13.2 Å². The molecule has 0 amide bonds. The van der Waals surface area contributed by atoms with Crippen LogP contribution in [0.1, 0.15) is 24.8 Å². The summed E-state index contributed by atoms with van der Waals surface area (Å²) in [6, 6.07) is 3.35. The van der Waals surface area contributed by atoms with Crippen LogP contribution in [0.2, 0.25) is 0 Å². The van der Waals surface area contributed by atoms with Gasteiger partial charge in [-0.2, -0.15) is 13.2 Å². The van der Waals surface area contributed by atoms with Gasteiger partial charge < -0.3 is 16.0 Å². The van der Waals surface area contributed by atoms with Gasteiger partial charge in [-0.25, -0.2) is 5.01 Å². The molecule has 130 valence electrons. The number of halogens is 3. The fraction of sp³-hybridized carbons (Fsp3) is 0.600. The second kappa shape index (κ2) is 6.84. The topological polar surface area (TPSA) is 70.5 Å². The van der Waals surface area contributed by atoms with Crippen LogP contribution in [0.15, 0.2) is 12.1 Å². The molecule has 1 aromatic carbocycles. The second-order valence-electron chi connectivity index (χ2n) is 6.09. The molecule has 0 radical (unpaired) electrons. The van der Waals surface area contributed by atoms with E-state index in [2.05, 4.69) is 5.32 Å². The number of hydrazine groups is 1. The predicted octanol–water partition coefficient (Wildman–Crippen LogP) is 2.67. The number of nitrogens with one attached hydrogen (secondary N) is 1. The van der Waals surface area contributed by atoms with Gasteiger partial charge in [0.05, 0.1) is 17.5 Å². The van der Waals surface area contributed by atoms with E-state index in [1.165, 1.54) is 11.9 Å². The van der Waals surface area contributed by atoms with E-state index in [1.807, 2.05) is 0 Å². The van der Waals surface area contributed by atoms with Crippen molar-refractivity contribution in [3.8, 4) is 0 Å². The summed E-state index contributed by atoms with van der Waals surface area (Å²) in [5.74, 6) is 5.96. The van der Waals surface area contributed by atoms with Gasteiger partial charge in [0.15, 0.2) is 0 Å². The SMILES string of the molecule is Cc1cc(N)c(NC2CCCCN2N)cc1N(C)CC(F)(F)F. The monoisotopic (exact) mass is 331 g/mol. The Hall–Kier alpha value is -1.67. The molecule has 1 aliphatic heterocycles.